The van der Waals surface area contributed by atoms with Gasteiger partial charge in [-0.05, 0) is 51.9 Å². The van der Waals surface area contributed by atoms with Crippen molar-refractivity contribution in [1.29, 1.82) is 0 Å². The molecule has 3 nitrogen and oxygen atoms in total. The van der Waals surface area contributed by atoms with E-state index in [4.69, 9.17) is 11.5 Å². The first-order valence-corrected chi connectivity index (χ1v) is 4.52. The predicted octanol–water partition coefficient (Wildman–Crippen LogP) is 0.0538. The average molecular weight is 159 g/mol. The summed E-state index contributed by atoms with van der Waals surface area (Å²) < 4.78 is 0. The van der Waals surface area contributed by atoms with Crippen molar-refractivity contribution >= 4 is 0 Å². The Hall–Kier alpha value is -0.120. The van der Waals surface area contributed by atoms with Crippen LogP contribution >= 0.6 is 0 Å². The van der Waals surface area contributed by atoms with Crippen molar-refractivity contribution in [2.24, 2.45) is 11.5 Å². The van der Waals surface area contributed by atoms with Crippen LogP contribution in [-0.4, -0.2) is 26.2 Å². The van der Waals surface area contributed by atoms with Crippen LogP contribution in [0.5, 0.6) is 0 Å². The maximum atomic E-state index is 5.35. The van der Waals surface area contributed by atoms with Crippen molar-refractivity contribution in [3.8, 4) is 0 Å². The molecule has 0 rings (SSSR count). The lowest BCUT2D eigenvalue weighted by atomic mass is 10.3. The van der Waals surface area contributed by atoms with Gasteiger partial charge in [-0.3, -0.25) is 0 Å². The minimum Gasteiger partial charge on any atom is -0.330 e. The van der Waals surface area contributed by atoms with Crippen LogP contribution in [0.2, 0.25) is 0 Å². The fourth-order valence-electron chi connectivity index (χ4n) is 0.914. The first-order valence-electron chi connectivity index (χ1n) is 4.52. The lowest BCUT2D eigenvalue weighted by Gasteiger charge is -2.02. The Morgan fingerprint density at radius 2 is 1.18 bits per heavy atom. The molecule has 0 fully saturated rings. The van der Waals surface area contributed by atoms with E-state index in [-0.39, 0.29) is 0 Å². The van der Waals surface area contributed by atoms with Gasteiger partial charge in [0.1, 0.15) is 0 Å². The van der Waals surface area contributed by atoms with Crippen molar-refractivity contribution in [2.45, 2.75) is 25.7 Å². The van der Waals surface area contributed by atoms with Gasteiger partial charge in [-0.25, -0.2) is 0 Å². The molecule has 0 aliphatic rings. The molecule has 0 amide bonds. The molecule has 11 heavy (non-hydrogen) atoms. The van der Waals surface area contributed by atoms with Gasteiger partial charge in [0, 0.05) is 0 Å². The first kappa shape index (κ1) is 10.9. The van der Waals surface area contributed by atoms with E-state index < -0.39 is 0 Å². The van der Waals surface area contributed by atoms with E-state index in [0.29, 0.717) is 0 Å². The molecular weight excluding hydrogens is 138 g/mol. The molecule has 0 heterocycles. The maximum Gasteiger partial charge on any atom is -0.00484 e. The molecule has 0 aromatic heterocycles. The van der Waals surface area contributed by atoms with Crippen LogP contribution in [0.3, 0.4) is 0 Å². The molecule has 0 radical (unpaired) electrons. The highest BCUT2D eigenvalue weighted by atomic mass is 14.8. The van der Waals surface area contributed by atoms with Crippen molar-refractivity contribution in [3.05, 3.63) is 0 Å². The smallest absolute Gasteiger partial charge is 0.00484 e. The quantitative estimate of drug-likeness (QED) is 0.439. The minimum absolute atomic E-state index is 0.810. The second kappa shape index (κ2) is 9.88. The Morgan fingerprint density at radius 1 is 0.727 bits per heavy atom. The second-order valence-electron chi connectivity index (χ2n) is 2.74. The summed E-state index contributed by atoms with van der Waals surface area (Å²) in [5.74, 6) is 0. The number of hydrogen-bond donors (Lipinski definition) is 3. The van der Waals surface area contributed by atoms with E-state index in [1.807, 2.05) is 0 Å². The Balaban J connectivity index is 2.69. The SMILES string of the molecule is NCCCCNCCCCN. The molecule has 0 atom stereocenters. The van der Waals surface area contributed by atoms with Gasteiger partial charge in [0.25, 0.3) is 0 Å². The Labute approximate surface area is 69.5 Å². The summed E-state index contributed by atoms with van der Waals surface area (Å²) in [6, 6.07) is 0. The zero-order chi connectivity index (χ0) is 8.36. The van der Waals surface area contributed by atoms with E-state index in [9.17, 15) is 0 Å². The largest absolute Gasteiger partial charge is 0.330 e. The number of nitrogens with one attached hydrogen (secondary N) is 1. The molecule has 0 aromatic rings. The molecule has 0 bridgehead atoms. The number of nitrogens with two attached hydrogens (primary N) is 2. The van der Waals surface area contributed by atoms with E-state index in [0.717, 1.165) is 39.0 Å². The molecule has 0 aliphatic heterocycles. The first-order chi connectivity index (χ1) is 5.41. The lowest BCUT2D eigenvalue weighted by Crippen LogP contribution is -2.18. The fourth-order valence-corrected chi connectivity index (χ4v) is 0.914. The second-order valence-corrected chi connectivity index (χ2v) is 2.74. The number of rotatable bonds is 8. The van der Waals surface area contributed by atoms with Gasteiger partial charge in [-0.15, -0.1) is 0 Å². The fraction of sp³-hybridized carbons (Fsp3) is 1.00. The highest BCUT2D eigenvalue weighted by Crippen LogP contribution is 1.85. The molecule has 0 aliphatic carbocycles. The third kappa shape index (κ3) is 9.88. The van der Waals surface area contributed by atoms with Gasteiger partial charge in [0.05, 0.1) is 0 Å². The van der Waals surface area contributed by atoms with Gasteiger partial charge in [-0.2, -0.15) is 0 Å². The zero-order valence-corrected chi connectivity index (χ0v) is 7.31. The van der Waals surface area contributed by atoms with Crippen LogP contribution in [0.15, 0.2) is 0 Å². The van der Waals surface area contributed by atoms with E-state index >= 15 is 0 Å². The van der Waals surface area contributed by atoms with Crippen LogP contribution < -0.4 is 16.8 Å². The third-order valence-corrected chi connectivity index (χ3v) is 1.62. The van der Waals surface area contributed by atoms with Crippen molar-refractivity contribution < 1.29 is 0 Å². The summed E-state index contributed by atoms with van der Waals surface area (Å²) >= 11 is 0. The van der Waals surface area contributed by atoms with Crippen molar-refractivity contribution in [1.82, 2.24) is 5.32 Å². The highest BCUT2D eigenvalue weighted by Gasteiger charge is 1.87. The molecule has 0 spiro atoms. The predicted molar refractivity (Wildman–Crippen MR) is 49.4 cm³/mol. The monoisotopic (exact) mass is 159 g/mol. The molecular formula is C8H21N3. The van der Waals surface area contributed by atoms with Crippen LogP contribution in [-0.2, 0) is 0 Å². The lowest BCUT2D eigenvalue weighted by molar-refractivity contribution is 0.595. The van der Waals surface area contributed by atoms with E-state index in [1.54, 1.807) is 0 Å². The standard InChI is InChI=1S/C8H21N3/c9-5-1-3-7-11-8-4-2-6-10/h11H,1-10H2. The summed E-state index contributed by atoms with van der Waals surface area (Å²) in [6.45, 7) is 3.82. The maximum absolute atomic E-state index is 5.35. The topological polar surface area (TPSA) is 64.1 Å². The van der Waals surface area contributed by atoms with Crippen LogP contribution in [0.4, 0.5) is 0 Å². The number of unbranched alkanes of at least 4 members (excludes halogenated alkanes) is 2. The Bertz CT molecular complexity index is 58.4. The van der Waals surface area contributed by atoms with Crippen molar-refractivity contribution in [3.63, 3.8) is 0 Å². The minimum atomic E-state index is 0.810. The molecule has 5 N–H and O–H groups in total. The zero-order valence-electron chi connectivity index (χ0n) is 7.31. The third-order valence-electron chi connectivity index (χ3n) is 1.62. The summed E-state index contributed by atoms with van der Waals surface area (Å²) in [6.07, 6.45) is 4.64. The van der Waals surface area contributed by atoms with Gasteiger partial charge >= 0.3 is 0 Å². The summed E-state index contributed by atoms with van der Waals surface area (Å²) in [4.78, 5) is 0. The number of hydrogen-bond acceptors (Lipinski definition) is 3. The summed E-state index contributed by atoms with van der Waals surface area (Å²) in [5, 5.41) is 3.34. The van der Waals surface area contributed by atoms with Gasteiger partial charge in [0.15, 0.2) is 0 Å². The molecule has 3 heteroatoms. The van der Waals surface area contributed by atoms with E-state index in [2.05, 4.69) is 5.32 Å². The average Bonchev–Trinajstić information content (AvgIpc) is 2.03. The highest BCUT2D eigenvalue weighted by molar-refractivity contribution is 4.49. The van der Waals surface area contributed by atoms with Crippen LogP contribution in [0, 0.1) is 0 Å². The summed E-state index contributed by atoms with van der Waals surface area (Å²) in [7, 11) is 0. The van der Waals surface area contributed by atoms with E-state index in [1.165, 1.54) is 12.8 Å². The normalized spacial score (nSPS) is 10.4. The van der Waals surface area contributed by atoms with Gasteiger partial charge in [-0.1, -0.05) is 0 Å². The molecule has 0 unspecified atom stereocenters. The summed E-state index contributed by atoms with van der Waals surface area (Å²) in [5.41, 5.74) is 10.7. The Kier molecular flexibility index (Phi) is 9.77. The van der Waals surface area contributed by atoms with Crippen molar-refractivity contribution in [2.75, 3.05) is 26.2 Å². The van der Waals surface area contributed by atoms with Crippen LogP contribution in [0.25, 0.3) is 0 Å². The molecule has 68 valence electrons. The Morgan fingerprint density at radius 3 is 1.55 bits per heavy atom. The molecule has 0 saturated carbocycles. The van der Waals surface area contributed by atoms with Crippen LogP contribution in [0.1, 0.15) is 25.7 Å². The van der Waals surface area contributed by atoms with Gasteiger partial charge in [0.2, 0.25) is 0 Å². The van der Waals surface area contributed by atoms with Gasteiger partial charge < -0.3 is 16.8 Å². The molecule has 0 saturated heterocycles. The molecule has 0 aromatic carbocycles.